The molecule has 0 spiro atoms. The number of aromatic nitrogens is 3. The van der Waals surface area contributed by atoms with E-state index in [-0.39, 0.29) is 18.7 Å². The largest absolute Gasteiger partial charge is 0.480 e. The molecule has 0 saturated heterocycles. The van der Waals surface area contributed by atoms with Crippen molar-refractivity contribution in [1.82, 2.24) is 20.4 Å². The van der Waals surface area contributed by atoms with E-state index in [0.29, 0.717) is 11.7 Å². The number of carbonyl (C=O) groups excluding carboxylic acids is 1. The van der Waals surface area contributed by atoms with E-state index in [2.05, 4.69) is 20.4 Å². The Labute approximate surface area is 120 Å². The van der Waals surface area contributed by atoms with Crippen LogP contribution in [0.5, 0.6) is 0 Å². The topological polar surface area (TPSA) is 118 Å². The highest BCUT2D eigenvalue weighted by molar-refractivity contribution is 5.83. The minimum absolute atomic E-state index is 0.0790. The lowest BCUT2D eigenvalue weighted by Gasteiger charge is -2.07. The van der Waals surface area contributed by atoms with E-state index in [1.165, 1.54) is 6.92 Å². The molecule has 2 aromatic rings. The molecule has 0 radical (unpaired) electrons. The second kappa shape index (κ2) is 6.60. The third-order valence-corrected chi connectivity index (χ3v) is 2.72. The number of carbonyl (C=O) groups is 2. The van der Waals surface area contributed by atoms with Gasteiger partial charge < -0.3 is 14.9 Å². The quantitative estimate of drug-likeness (QED) is 0.801. The average Bonchev–Trinajstić information content (AvgIpc) is 2.95. The predicted octanol–water partition coefficient (Wildman–Crippen LogP) is 0.654. The Morgan fingerprint density at radius 2 is 2.10 bits per heavy atom. The molecule has 8 heteroatoms. The normalized spacial score (nSPS) is 11.9. The van der Waals surface area contributed by atoms with E-state index in [9.17, 15) is 9.59 Å². The molecule has 0 bridgehead atoms. The van der Waals surface area contributed by atoms with E-state index in [1.54, 1.807) is 24.5 Å². The summed E-state index contributed by atoms with van der Waals surface area (Å²) in [7, 11) is 0. The van der Waals surface area contributed by atoms with Crippen LogP contribution < -0.4 is 5.32 Å². The highest BCUT2D eigenvalue weighted by Gasteiger charge is 2.15. The maximum absolute atomic E-state index is 11.5. The van der Waals surface area contributed by atoms with Gasteiger partial charge in [-0.25, -0.2) is 0 Å². The van der Waals surface area contributed by atoms with Gasteiger partial charge in [-0.1, -0.05) is 5.16 Å². The lowest BCUT2D eigenvalue weighted by molar-refractivity contribution is -0.141. The van der Waals surface area contributed by atoms with Crippen molar-refractivity contribution in [3.05, 3.63) is 30.4 Å². The molecule has 1 amide bonds. The van der Waals surface area contributed by atoms with Crippen LogP contribution in [0.1, 0.15) is 19.2 Å². The number of hydrogen-bond acceptors (Lipinski definition) is 6. The number of nitrogens with one attached hydrogen (secondary N) is 1. The van der Waals surface area contributed by atoms with Crippen molar-refractivity contribution in [2.24, 2.45) is 0 Å². The van der Waals surface area contributed by atoms with Gasteiger partial charge in [-0.15, -0.1) is 0 Å². The Hall–Kier alpha value is -2.77. The maximum Gasteiger partial charge on any atom is 0.325 e. The second-order valence-electron chi connectivity index (χ2n) is 4.38. The zero-order chi connectivity index (χ0) is 15.2. The van der Waals surface area contributed by atoms with Crippen molar-refractivity contribution in [2.75, 3.05) is 0 Å². The minimum atomic E-state index is -1.08. The summed E-state index contributed by atoms with van der Waals surface area (Å²) in [6, 6.07) is 2.57. The van der Waals surface area contributed by atoms with Gasteiger partial charge in [0.1, 0.15) is 6.04 Å². The molecule has 1 unspecified atom stereocenters. The molecule has 0 aliphatic carbocycles. The molecule has 0 aliphatic rings. The van der Waals surface area contributed by atoms with Gasteiger partial charge >= 0.3 is 5.97 Å². The van der Waals surface area contributed by atoms with E-state index < -0.39 is 12.0 Å². The molecule has 2 rings (SSSR count). The van der Waals surface area contributed by atoms with Crippen LogP contribution in [-0.2, 0) is 16.0 Å². The summed E-state index contributed by atoms with van der Waals surface area (Å²) in [6.07, 6.45) is 3.56. The van der Waals surface area contributed by atoms with Crippen LogP contribution in [0, 0.1) is 0 Å². The number of aliphatic carboxylic acids is 1. The highest BCUT2D eigenvalue weighted by atomic mass is 16.5. The van der Waals surface area contributed by atoms with Crippen molar-refractivity contribution in [3.8, 4) is 11.4 Å². The van der Waals surface area contributed by atoms with Crippen molar-refractivity contribution in [3.63, 3.8) is 0 Å². The van der Waals surface area contributed by atoms with Crippen molar-refractivity contribution >= 4 is 11.9 Å². The number of carboxylic acid groups (broad SMARTS) is 1. The molecular weight excluding hydrogens is 276 g/mol. The lowest BCUT2D eigenvalue weighted by Crippen LogP contribution is -2.38. The molecule has 0 fully saturated rings. The second-order valence-corrected chi connectivity index (χ2v) is 4.38. The Morgan fingerprint density at radius 1 is 1.38 bits per heavy atom. The predicted molar refractivity (Wildman–Crippen MR) is 71.1 cm³/mol. The van der Waals surface area contributed by atoms with Gasteiger partial charge in [0.25, 0.3) is 0 Å². The van der Waals surface area contributed by atoms with Crippen LogP contribution in [0.2, 0.25) is 0 Å². The van der Waals surface area contributed by atoms with Gasteiger partial charge in [0.15, 0.2) is 0 Å². The number of nitrogens with zero attached hydrogens (tertiary/aromatic N) is 3. The molecule has 2 aromatic heterocycles. The first-order chi connectivity index (χ1) is 10.1. The summed E-state index contributed by atoms with van der Waals surface area (Å²) >= 11 is 0. The van der Waals surface area contributed by atoms with E-state index in [4.69, 9.17) is 9.63 Å². The summed E-state index contributed by atoms with van der Waals surface area (Å²) in [5.74, 6) is -0.721. The van der Waals surface area contributed by atoms with Gasteiger partial charge in [-0.3, -0.25) is 14.6 Å². The molecule has 1 atom stereocenters. The zero-order valence-corrected chi connectivity index (χ0v) is 11.3. The number of amides is 1. The number of rotatable bonds is 6. The smallest absolute Gasteiger partial charge is 0.325 e. The zero-order valence-electron chi connectivity index (χ0n) is 11.3. The number of aryl methyl sites for hydroxylation is 1. The monoisotopic (exact) mass is 290 g/mol. The summed E-state index contributed by atoms with van der Waals surface area (Å²) in [5.41, 5.74) is 0.768. The molecule has 2 N–H and O–H groups in total. The first-order valence-corrected chi connectivity index (χ1v) is 6.31. The SMILES string of the molecule is CC(NC(=O)CCc1nc(-c2ccncc2)no1)C(=O)O. The fraction of sp³-hybridized carbons (Fsp3) is 0.308. The first kappa shape index (κ1) is 14.6. The van der Waals surface area contributed by atoms with Gasteiger partial charge in [-0.05, 0) is 19.1 Å². The van der Waals surface area contributed by atoms with Crippen molar-refractivity contribution < 1.29 is 19.2 Å². The Kier molecular flexibility index (Phi) is 4.60. The summed E-state index contributed by atoms with van der Waals surface area (Å²) in [6.45, 7) is 1.40. The summed E-state index contributed by atoms with van der Waals surface area (Å²) < 4.78 is 5.04. The standard InChI is InChI=1S/C13H14N4O4/c1-8(13(19)20)15-10(18)2-3-11-16-12(17-21-11)9-4-6-14-7-5-9/h4-8H,2-3H2,1H3,(H,15,18)(H,19,20). The fourth-order valence-corrected chi connectivity index (χ4v) is 1.57. The molecular formula is C13H14N4O4. The maximum atomic E-state index is 11.5. The molecule has 2 heterocycles. The minimum Gasteiger partial charge on any atom is -0.480 e. The fourth-order valence-electron chi connectivity index (χ4n) is 1.57. The van der Waals surface area contributed by atoms with Crippen molar-refractivity contribution in [2.45, 2.75) is 25.8 Å². The van der Waals surface area contributed by atoms with Crippen molar-refractivity contribution in [1.29, 1.82) is 0 Å². The van der Waals surface area contributed by atoms with Gasteiger partial charge in [0.05, 0.1) is 0 Å². The number of pyridine rings is 1. The third-order valence-electron chi connectivity index (χ3n) is 2.72. The van der Waals surface area contributed by atoms with Gasteiger partial charge in [0, 0.05) is 30.8 Å². The van der Waals surface area contributed by atoms with Crippen LogP contribution in [0.3, 0.4) is 0 Å². The van der Waals surface area contributed by atoms with Crippen LogP contribution in [0.4, 0.5) is 0 Å². The Morgan fingerprint density at radius 3 is 2.76 bits per heavy atom. The molecule has 0 aromatic carbocycles. The first-order valence-electron chi connectivity index (χ1n) is 6.31. The lowest BCUT2D eigenvalue weighted by atomic mass is 10.2. The Balaban J connectivity index is 1.89. The third kappa shape index (κ3) is 4.10. The molecule has 0 aliphatic heterocycles. The summed E-state index contributed by atoms with van der Waals surface area (Å²) in [5, 5.41) is 14.9. The molecule has 8 nitrogen and oxygen atoms in total. The molecule has 21 heavy (non-hydrogen) atoms. The highest BCUT2D eigenvalue weighted by Crippen LogP contribution is 2.14. The van der Waals surface area contributed by atoms with Crippen LogP contribution in [-0.4, -0.2) is 38.1 Å². The van der Waals surface area contributed by atoms with Crippen LogP contribution in [0.15, 0.2) is 29.0 Å². The van der Waals surface area contributed by atoms with E-state index >= 15 is 0 Å². The number of carboxylic acids is 1. The van der Waals surface area contributed by atoms with Crippen LogP contribution in [0.25, 0.3) is 11.4 Å². The van der Waals surface area contributed by atoms with Gasteiger partial charge in [-0.2, -0.15) is 4.98 Å². The molecule has 110 valence electrons. The van der Waals surface area contributed by atoms with Crippen LogP contribution >= 0.6 is 0 Å². The van der Waals surface area contributed by atoms with E-state index in [0.717, 1.165) is 5.56 Å². The van der Waals surface area contributed by atoms with E-state index in [1.807, 2.05) is 0 Å². The molecule has 0 saturated carbocycles. The Bertz CT molecular complexity index is 626. The van der Waals surface area contributed by atoms with Gasteiger partial charge in [0.2, 0.25) is 17.6 Å². The summed E-state index contributed by atoms with van der Waals surface area (Å²) in [4.78, 5) is 30.2. The number of hydrogen-bond donors (Lipinski definition) is 2. The average molecular weight is 290 g/mol.